The number of rotatable bonds is 6. The van der Waals surface area contributed by atoms with E-state index in [9.17, 15) is 4.39 Å². The van der Waals surface area contributed by atoms with Gasteiger partial charge in [-0.25, -0.2) is 4.39 Å². The Morgan fingerprint density at radius 1 is 1.28 bits per heavy atom. The predicted molar refractivity (Wildman–Crippen MR) is 70.0 cm³/mol. The Bertz CT molecular complexity index is 418. The van der Waals surface area contributed by atoms with E-state index in [1.807, 2.05) is 0 Å². The van der Waals surface area contributed by atoms with Crippen LogP contribution in [0.3, 0.4) is 0 Å². The summed E-state index contributed by atoms with van der Waals surface area (Å²) >= 11 is 0. The topological polar surface area (TPSA) is 29.5 Å². The van der Waals surface area contributed by atoms with Gasteiger partial charge in [0.05, 0.1) is 12.2 Å². The molecule has 0 aromatic heterocycles. The summed E-state index contributed by atoms with van der Waals surface area (Å²) in [5.74, 6) is 5.40. The van der Waals surface area contributed by atoms with Crippen LogP contribution in [0.2, 0.25) is 0 Å². The summed E-state index contributed by atoms with van der Waals surface area (Å²) in [5.41, 5.74) is 0.612. The first-order valence-electron chi connectivity index (χ1n) is 6.30. The third kappa shape index (κ3) is 5.20. The average molecular weight is 250 g/mol. The van der Waals surface area contributed by atoms with Gasteiger partial charge >= 0.3 is 0 Å². The zero-order chi connectivity index (χ0) is 13.2. The van der Waals surface area contributed by atoms with Crippen molar-refractivity contribution >= 4 is 0 Å². The van der Waals surface area contributed by atoms with Gasteiger partial charge in [0.2, 0.25) is 0 Å². The third-order valence-electron chi connectivity index (χ3n) is 2.50. The van der Waals surface area contributed by atoms with Gasteiger partial charge in [0.1, 0.15) is 18.2 Å². The van der Waals surface area contributed by atoms with Crippen molar-refractivity contribution in [2.24, 2.45) is 0 Å². The molecule has 1 rings (SSSR count). The second-order valence-electron chi connectivity index (χ2n) is 4.01. The molecule has 1 aromatic rings. The molecule has 0 radical (unpaired) electrons. The van der Waals surface area contributed by atoms with E-state index in [4.69, 9.17) is 9.84 Å². The van der Waals surface area contributed by atoms with Crippen LogP contribution in [0.25, 0.3) is 0 Å². The zero-order valence-corrected chi connectivity index (χ0v) is 10.7. The maximum Gasteiger partial charge on any atom is 0.137 e. The number of hydrogen-bond acceptors (Lipinski definition) is 2. The molecule has 1 aromatic carbocycles. The van der Waals surface area contributed by atoms with Crippen molar-refractivity contribution in [3.05, 3.63) is 29.6 Å². The highest BCUT2D eigenvalue weighted by atomic mass is 19.1. The second kappa shape index (κ2) is 8.54. The molecule has 0 bridgehead atoms. The number of ether oxygens (including phenoxy) is 1. The molecule has 0 aliphatic carbocycles. The van der Waals surface area contributed by atoms with Crippen LogP contribution in [0, 0.1) is 17.7 Å². The van der Waals surface area contributed by atoms with Gasteiger partial charge in [-0.15, -0.1) is 0 Å². The maximum absolute atomic E-state index is 13.1. The van der Waals surface area contributed by atoms with Crippen LogP contribution in [0.4, 0.5) is 4.39 Å². The van der Waals surface area contributed by atoms with Crippen LogP contribution in [0.5, 0.6) is 5.75 Å². The molecule has 0 spiro atoms. The molecule has 0 unspecified atom stereocenters. The number of aliphatic hydroxyl groups excluding tert-OH is 1. The lowest BCUT2D eigenvalue weighted by atomic mass is 10.2. The molecule has 1 N–H and O–H groups in total. The minimum Gasteiger partial charge on any atom is -0.492 e. The molecule has 0 aliphatic rings. The Morgan fingerprint density at radius 3 is 2.83 bits per heavy atom. The van der Waals surface area contributed by atoms with Crippen molar-refractivity contribution < 1.29 is 14.2 Å². The molecule has 0 atom stereocenters. The van der Waals surface area contributed by atoms with Crippen LogP contribution < -0.4 is 4.74 Å². The Morgan fingerprint density at radius 2 is 2.11 bits per heavy atom. The lowest BCUT2D eigenvalue weighted by molar-refractivity contribution is 0.303. The smallest absolute Gasteiger partial charge is 0.137 e. The van der Waals surface area contributed by atoms with Gasteiger partial charge < -0.3 is 9.84 Å². The normalized spacial score (nSPS) is 9.72. The first kappa shape index (κ1) is 14.5. The monoisotopic (exact) mass is 250 g/mol. The average Bonchev–Trinajstić information content (AvgIpc) is 2.37. The van der Waals surface area contributed by atoms with E-state index >= 15 is 0 Å². The molecular weight excluding hydrogens is 231 g/mol. The van der Waals surface area contributed by atoms with Gasteiger partial charge in [-0.3, -0.25) is 0 Å². The maximum atomic E-state index is 13.1. The van der Waals surface area contributed by atoms with Crippen LogP contribution in [-0.4, -0.2) is 18.3 Å². The quantitative estimate of drug-likeness (QED) is 0.621. The Labute approximate surface area is 108 Å². The second-order valence-corrected chi connectivity index (χ2v) is 4.01. The van der Waals surface area contributed by atoms with Gasteiger partial charge in [-0.1, -0.05) is 38.0 Å². The SMILES string of the molecule is CCCCCCOc1cc(F)ccc1C#CCO. The third-order valence-corrected chi connectivity index (χ3v) is 2.50. The van der Waals surface area contributed by atoms with Crippen LogP contribution in [0.15, 0.2) is 18.2 Å². The molecule has 2 nitrogen and oxygen atoms in total. The molecule has 0 saturated heterocycles. The molecule has 18 heavy (non-hydrogen) atoms. The Kier molecular flexibility index (Phi) is 6.90. The number of aliphatic hydroxyl groups is 1. The molecule has 3 heteroatoms. The number of benzene rings is 1. The van der Waals surface area contributed by atoms with Gasteiger partial charge in [0.25, 0.3) is 0 Å². The Hall–Kier alpha value is -1.53. The molecule has 98 valence electrons. The van der Waals surface area contributed by atoms with Gasteiger partial charge in [0.15, 0.2) is 0 Å². The lowest BCUT2D eigenvalue weighted by Crippen LogP contribution is -1.99. The number of halogens is 1. The highest BCUT2D eigenvalue weighted by Crippen LogP contribution is 2.19. The van der Waals surface area contributed by atoms with E-state index in [0.717, 1.165) is 12.8 Å². The minimum absolute atomic E-state index is 0.215. The van der Waals surface area contributed by atoms with Crippen molar-refractivity contribution in [3.63, 3.8) is 0 Å². The lowest BCUT2D eigenvalue weighted by Gasteiger charge is -2.08. The molecule has 0 aliphatic heterocycles. The van der Waals surface area contributed by atoms with Crippen molar-refractivity contribution in [3.8, 4) is 17.6 Å². The summed E-state index contributed by atoms with van der Waals surface area (Å²) in [7, 11) is 0. The highest BCUT2D eigenvalue weighted by molar-refractivity contribution is 5.46. The van der Waals surface area contributed by atoms with Crippen LogP contribution in [0.1, 0.15) is 38.2 Å². The molecule has 0 amide bonds. The summed E-state index contributed by atoms with van der Waals surface area (Å²) in [6.07, 6.45) is 4.43. The fourth-order valence-corrected chi connectivity index (χ4v) is 1.56. The van der Waals surface area contributed by atoms with Crippen LogP contribution >= 0.6 is 0 Å². The number of hydrogen-bond donors (Lipinski definition) is 1. The fourth-order valence-electron chi connectivity index (χ4n) is 1.56. The molecular formula is C15H19FO2. The van der Waals surface area contributed by atoms with Crippen molar-refractivity contribution in [1.82, 2.24) is 0 Å². The van der Waals surface area contributed by atoms with Gasteiger partial charge in [-0.05, 0) is 18.6 Å². The molecule has 0 saturated carbocycles. The van der Waals surface area contributed by atoms with Crippen molar-refractivity contribution in [2.75, 3.05) is 13.2 Å². The summed E-state index contributed by atoms with van der Waals surface area (Å²) < 4.78 is 18.7. The van der Waals surface area contributed by atoms with Crippen molar-refractivity contribution in [2.45, 2.75) is 32.6 Å². The van der Waals surface area contributed by atoms with E-state index in [0.29, 0.717) is 17.9 Å². The summed E-state index contributed by atoms with van der Waals surface area (Å²) in [4.78, 5) is 0. The van der Waals surface area contributed by atoms with E-state index in [-0.39, 0.29) is 12.4 Å². The largest absolute Gasteiger partial charge is 0.492 e. The van der Waals surface area contributed by atoms with E-state index in [1.165, 1.54) is 25.0 Å². The summed E-state index contributed by atoms with van der Waals surface area (Å²) in [6, 6.07) is 4.24. The Balaban J connectivity index is 2.59. The minimum atomic E-state index is -0.340. The summed E-state index contributed by atoms with van der Waals surface area (Å²) in [5, 5.41) is 8.66. The van der Waals surface area contributed by atoms with E-state index in [1.54, 1.807) is 6.07 Å². The molecule has 0 heterocycles. The summed E-state index contributed by atoms with van der Waals surface area (Å²) in [6.45, 7) is 2.50. The van der Waals surface area contributed by atoms with Crippen molar-refractivity contribution in [1.29, 1.82) is 0 Å². The van der Waals surface area contributed by atoms with Crippen LogP contribution in [-0.2, 0) is 0 Å². The number of unbranched alkanes of at least 4 members (excludes halogenated alkanes) is 3. The highest BCUT2D eigenvalue weighted by Gasteiger charge is 2.03. The molecule has 0 fully saturated rings. The van der Waals surface area contributed by atoms with Gasteiger partial charge in [-0.2, -0.15) is 0 Å². The zero-order valence-electron chi connectivity index (χ0n) is 10.7. The van der Waals surface area contributed by atoms with E-state index in [2.05, 4.69) is 18.8 Å². The first-order chi connectivity index (χ1) is 8.77. The standard InChI is InChI=1S/C15H19FO2/c1-2-3-4-5-11-18-15-12-14(16)9-8-13(15)7-6-10-17/h8-9,12,17H,2-5,10-11H2,1H3. The van der Waals surface area contributed by atoms with E-state index < -0.39 is 0 Å². The first-order valence-corrected chi connectivity index (χ1v) is 6.30. The fraction of sp³-hybridized carbons (Fsp3) is 0.467. The predicted octanol–water partition coefficient (Wildman–Crippen LogP) is 3.13. The van der Waals surface area contributed by atoms with Gasteiger partial charge in [0, 0.05) is 6.07 Å².